The molecule has 7 rings (SSSR count). The van der Waals surface area contributed by atoms with E-state index in [4.69, 9.17) is 22.1 Å². The molecule has 0 spiro atoms. The zero-order chi connectivity index (χ0) is 27.6. The smallest absolute Gasteiger partial charge is 0.319 e. The first-order valence-electron chi connectivity index (χ1n) is 13.3. The third-order valence-corrected chi connectivity index (χ3v) is 9.50. The van der Waals surface area contributed by atoms with Crippen LogP contribution in [0.2, 0.25) is 5.02 Å². The van der Waals surface area contributed by atoms with Crippen molar-refractivity contribution in [2.24, 2.45) is 0 Å². The summed E-state index contributed by atoms with van der Waals surface area (Å²) in [5, 5.41) is 0.569. The number of nitrogens with two attached hydrogens (primary N) is 1. The van der Waals surface area contributed by atoms with Crippen LogP contribution >= 0.6 is 22.9 Å². The molecule has 0 radical (unpaired) electrons. The van der Waals surface area contributed by atoms with Gasteiger partial charge in [-0.2, -0.15) is 9.97 Å². The Morgan fingerprint density at radius 1 is 1.05 bits per heavy atom. The van der Waals surface area contributed by atoms with Crippen LogP contribution in [0.4, 0.5) is 24.1 Å². The molecule has 0 atom stereocenters. The fraction of sp³-hybridized carbons (Fsp3) is 0.393. The number of benzene rings is 2. The number of hydrogen-bond donors (Lipinski definition) is 1. The lowest BCUT2D eigenvalue weighted by Crippen LogP contribution is -2.43. The standard InChI is InChI=1S/C28H26ClF3N6OS/c29-18-12-17-22(21(32)20(18)16-5-6-19(31)24-23(16)34-26(33)40-24)35-27(36-25(17)37-9-1-4-15(30)13-37)39-14-28-7-2-10-38(28)11-3-8-28/h4-6,12H,1-3,7-11,13-14H2,(H2,33,34). The molecule has 5 heterocycles. The van der Waals surface area contributed by atoms with Crippen LogP contribution in [-0.4, -0.2) is 58.2 Å². The molecule has 0 amide bonds. The maximum Gasteiger partial charge on any atom is 0.319 e. The van der Waals surface area contributed by atoms with Crippen LogP contribution in [0.25, 0.3) is 32.2 Å². The van der Waals surface area contributed by atoms with E-state index in [-0.39, 0.29) is 55.4 Å². The summed E-state index contributed by atoms with van der Waals surface area (Å²) in [4.78, 5) is 17.6. The first kappa shape index (κ1) is 25.8. The van der Waals surface area contributed by atoms with Crippen molar-refractivity contribution in [2.45, 2.75) is 37.6 Å². The molecule has 2 fully saturated rings. The third-order valence-electron chi connectivity index (χ3n) is 8.31. The van der Waals surface area contributed by atoms with E-state index < -0.39 is 11.6 Å². The van der Waals surface area contributed by atoms with E-state index in [0.29, 0.717) is 36.3 Å². The molecule has 4 aromatic rings. The first-order valence-corrected chi connectivity index (χ1v) is 14.5. The second kappa shape index (κ2) is 9.74. The topological polar surface area (TPSA) is 80.4 Å². The summed E-state index contributed by atoms with van der Waals surface area (Å²) in [6.45, 7) is 2.97. The van der Waals surface area contributed by atoms with Crippen molar-refractivity contribution < 1.29 is 17.9 Å². The van der Waals surface area contributed by atoms with Gasteiger partial charge >= 0.3 is 6.01 Å². The Morgan fingerprint density at radius 3 is 2.62 bits per heavy atom. The summed E-state index contributed by atoms with van der Waals surface area (Å²) in [6.07, 6.45) is 6.30. The van der Waals surface area contributed by atoms with E-state index in [1.165, 1.54) is 18.2 Å². The third kappa shape index (κ3) is 4.17. The molecule has 208 valence electrons. The number of fused-ring (bicyclic) bond motifs is 3. The number of aromatic nitrogens is 3. The van der Waals surface area contributed by atoms with Crippen molar-refractivity contribution in [1.82, 2.24) is 19.9 Å². The van der Waals surface area contributed by atoms with Gasteiger partial charge in [-0.15, -0.1) is 0 Å². The highest BCUT2D eigenvalue weighted by atomic mass is 35.5. The Morgan fingerprint density at radius 2 is 1.85 bits per heavy atom. The first-order chi connectivity index (χ1) is 19.3. The summed E-state index contributed by atoms with van der Waals surface area (Å²) >= 11 is 7.67. The molecule has 7 nitrogen and oxygen atoms in total. The fourth-order valence-electron chi connectivity index (χ4n) is 6.45. The predicted molar refractivity (Wildman–Crippen MR) is 152 cm³/mol. The highest BCUT2D eigenvalue weighted by Gasteiger charge is 2.45. The molecule has 40 heavy (non-hydrogen) atoms. The fourth-order valence-corrected chi connectivity index (χ4v) is 7.51. The van der Waals surface area contributed by atoms with Crippen LogP contribution in [0.3, 0.4) is 0 Å². The maximum atomic E-state index is 16.5. The Balaban J connectivity index is 1.38. The van der Waals surface area contributed by atoms with Crippen molar-refractivity contribution >= 4 is 55.0 Å². The van der Waals surface area contributed by atoms with Crippen molar-refractivity contribution in [2.75, 3.05) is 43.4 Å². The van der Waals surface area contributed by atoms with Gasteiger partial charge in [-0.05, 0) is 69.5 Å². The molecule has 2 aromatic heterocycles. The zero-order valence-corrected chi connectivity index (χ0v) is 23.1. The zero-order valence-electron chi connectivity index (χ0n) is 21.5. The average molecular weight is 587 g/mol. The summed E-state index contributed by atoms with van der Waals surface area (Å²) in [6, 6.07) is 4.28. The highest BCUT2D eigenvalue weighted by molar-refractivity contribution is 7.22. The van der Waals surface area contributed by atoms with Gasteiger partial charge in [-0.25, -0.2) is 18.2 Å². The van der Waals surface area contributed by atoms with E-state index in [1.54, 1.807) is 11.0 Å². The number of rotatable bonds is 5. The minimum absolute atomic E-state index is 0.000936. The van der Waals surface area contributed by atoms with E-state index >= 15 is 4.39 Å². The van der Waals surface area contributed by atoms with Gasteiger partial charge in [0.15, 0.2) is 10.9 Å². The molecular weight excluding hydrogens is 561 g/mol. The lowest BCUT2D eigenvalue weighted by Gasteiger charge is -2.31. The maximum absolute atomic E-state index is 16.5. The molecule has 0 saturated carbocycles. The molecule has 3 aliphatic heterocycles. The van der Waals surface area contributed by atoms with Gasteiger partial charge in [-0.1, -0.05) is 22.9 Å². The van der Waals surface area contributed by atoms with Crippen molar-refractivity contribution in [1.29, 1.82) is 0 Å². The van der Waals surface area contributed by atoms with Crippen LogP contribution < -0.4 is 15.4 Å². The number of halogens is 4. The minimum atomic E-state index is -0.718. The number of anilines is 2. The van der Waals surface area contributed by atoms with Gasteiger partial charge in [0.25, 0.3) is 0 Å². The van der Waals surface area contributed by atoms with Gasteiger partial charge in [0.2, 0.25) is 0 Å². The second-order valence-electron chi connectivity index (χ2n) is 10.7. The number of nitrogens with zero attached hydrogens (tertiary/aromatic N) is 5. The Hall–Kier alpha value is -3.15. The van der Waals surface area contributed by atoms with Gasteiger partial charge in [-0.3, -0.25) is 4.90 Å². The monoisotopic (exact) mass is 586 g/mol. The molecule has 2 saturated heterocycles. The molecule has 12 heteroatoms. The van der Waals surface area contributed by atoms with Crippen LogP contribution in [-0.2, 0) is 0 Å². The molecule has 0 bridgehead atoms. The molecule has 0 unspecified atom stereocenters. The Kier molecular flexibility index (Phi) is 6.28. The summed E-state index contributed by atoms with van der Waals surface area (Å²) in [5.41, 5.74) is 6.34. The van der Waals surface area contributed by atoms with E-state index in [0.717, 1.165) is 50.1 Å². The molecule has 3 aliphatic rings. The van der Waals surface area contributed by atoms with Gasteiger partial charge in [0.05, 0.1) is 27.3 Å². The number of hydrogen-bond acceptors (Lipinski definition) is 8. The molecular formula is C28H26ClF3N6OS. The van der Waals surface area contributed by atoms with Crippen molar-refractivity contribution in [3.05, 3.63) is 46.8 Å². The Labute approximate surface area is 237 Å². The highest BCUT2D eigenvalue weighted by Crippen LogP contribution is 2.43. The van der Waals surface area contributed by atoms with Crippen molar-refractivity contribution in [3.8, 4) is 17.1 Å². The van der Waals surface area contributed by atoms with Crippen molar-refractivity contribution in [3.63, 3.8) is 0 Å². The van der Waals surface area contributed by atoms with Crippen LogP contribution in [0.15, 0.2) is 30.1 Å². The number of nitrogen functional groups attached to an aromatic ring is 1. The van der Waals surface area contributed by atoms with E-state index in [2.05, 4.69) is 19.9 Å². The van der Waals surface area contributed by atoms with Gasteiger partial charge < -0.3 is 15.4 Å². The summed E-state index contributed by atoms with van der Waals surface area (Å²) in [7, 11) is 0. The largest absolute Gasteiger partial charge is 0.461 e. The molecule has 0 aliphatic carbocycles. The SMILES string of the molecule is Nc1nc2c(-c3c(Cl)cc4c(N5CCC=C(F)C5)nc(OCC56CCCN5CCC6)nc4c3F)ccc(F)c2s1. The lowest BCUT2D eigenvalue weighted by atomic mass is 9.95. The Bertz CT molecular complexity index is 1680. The average Bonchev–Trinajstić information content (AvgIpc) is 3.63. The minimum Gasteiger partial charge on any atom is -0.461 e. The van der Waals surface area contributed by atoms with Crippen LogP contribution in [0.5, 0.6) is 6.01 Å². The van der Waals surface area contributed by atoms with E-state index in [1.807, 2.05) is 0 Å². The molecule has 2 N–H and O–H groups in total. The quantitative estimate of drug-likeness (QED) is 0.286. The van der Waals surface area contributed by atoms with Gasteiger partial charge in [0, 0.05) is 23.1 Å². The summed E-state index contributed by atoms with van der Waals surface area (Å²) < 4.78 is 51.8. The number of thiazole rings is 1. The lowest BCUT2D eigenvalue weighted by molar-refractivity contribution is 0.108. The number of ether oxygens (including phenoxy) is 1. The predicted octanol–water partition coefficient (Wildman–Crippen LogP) is 6.49. The normalized spacial score (nSPS) is 19.0. The molecule has 2 aromatic carbocycles. The van der Waals surface area contributed by atoms with Crippen LogP contribution in [0, 0.1) is 11.6 Å². The second-order valence-corrected chi connectivity index (χ2v) is 12.1. The van der Waals surface area contributed by atoms with Crippen LogP contribution in [0.1, 0.15) is 32.1 Å². The summed E-state index contributed by atoms with van der Waals surface area (Å²) in [5.74, 6) is -1.15. The van der Waals surface area contributed by atoms with Gasteiger partial charge in [0.1, 0.15) is 29.6 Å². The van der Waals surface area contributed by atoms with E-state index in [9.17, 15) is 8.78 Å².